The second kappa shape index (κ2) is 23.8. The first-order chi connectivity index (χ1) is 36.5. The van der Waals surface area contributed by atoms with Crippen LogP contribution < -0.4 is 9.47 Å². The lowest BCUT2D eigenvalue weighted by Crippen LogP contribution is -2.72. The Labute approximate surface area is 436 Å². The van der Waals surface area contributed by atoms with E-state index >= 15 is 0 Å². The lowest BCUT2D eigenvalue weighted by Gasteiger charge is -2.52. The van der Waals surface area contributed by atoms with Gasteiger partial charge in [-0.2, -0.15) is 0 Å². The number of esters is 4. The second-order valence-corrected chi connectivity index (χ2v) is 18.1. The van der Waals surface area contributed by atoms with Gasteiger partial charge in [-0.05, 0) is 47.5 Å². The summed E-state index contributed by atoms with van der Waals surface area (Å²) >= 11 is 0. The monoisotopic (exact) mass is 1050 g/mol. The minimum atomic E-state index is -2.81. The van der Waals surface area contributed by atoms with Gasteiger partial charge < -0.3 is 56.8 Å². The fourth-order valence-corrected chi connectivity index (χ4v) is 9.68. The van der Waals surface area contributed by atoms with Crippen molar-refractivity contribution < 1.29 is 95.2 Å². The summed E-state index contributed by atoms with van der Waals surface area (Å²) in [5, 5.41) is 0. The van der Waals surface area contributed by atoms with Gasteiger partial charge in [-0.15, -0.1) is 0 Å². The fraction of sp³-hybridized carbons (Fsp3) is 0.407. The third-order valence-corrected chi connectivity index (χ3v) is 12.9. The lowest BCUT2D eigenvalue weighted by atomic mass is 9.87. The number of carbonyl (C=O) groups excluding carboxylic acids is 8. The van der Waals surface area contributed by atoms with E-state index in [1.807, 2.05) is 30.3 Å². The van der Waals surface area contributed by atoms with Gasteiger partial charge in [0, 0.05) is 27.7 Å². The van der Waals surface area contributed by atoms with Crippen LogP contribution in [0.1, 0.15) is 66.0 Å². The van der Waals surface area contributed by atoms with Crippen molar-refractivity contribution in [1.29, 1.82) is 0 Å². The molecule has 76 heavy (non-hydrogen) atoms. The van der Waals surface area contributed by atoms with Gasteiger partial charge in [0.1, 0.15) is 60.7 Å². The van der Waals surface area contributed by atoms with Crippen molar-refractivity contribution in [1.82, 2.24) is 9.80 Å². The van der Waals surface area contributed by atoms with Crippen LogP contribution in [0.5, 0.6) is 11.5 Å². The van der Waals surface area contributed by atoms with Crippen LogP contribution in [-0.4, -0.2) is 152 Å². The standard InChI is InChI=1S/C54H56N2O20/c1-30(57)55-43-40(74-53(55)64)25-54(52(63)66-6,76-48(43)45(71-33(4)60)42(70-32(3)59)29-68-31(2)58)75-46-41(28-67-26-34-15-9-7-10-16-34)73-51(72-37-23-21-36(65-5)22-24-37)44(47(46)69-27-35-17-11-8-12-18-35)56-49(61)38-19-13-14-20-39(38)50(56)62/h7-24,40-48,51H,25-29H2,1-6H3/t40-,41+,42+,43+,44+,45+,46+,47+,48+,51+,54+/m0/s1. The number of carbonyl (C=O) groups is 8. The molecule has 0 spiro atoms. The van der Waals surface area contributed by atoms with Crippen LogP contribution in [0.15, 0.2) is 109 Å². The maximum Gasteiger partial charge on any atom is 0.417 e. The maximum absolute atomic E-state index is 14.9. The number of methoxy groups -OCH3 is 2. The predicted molar refractivity (Wildman–Crippen MR) is 258 cm³/mol. The van der Waals surface area contributed by atoms with Gasteiger partial charge in [0.25, 0.3) is 17.6 Å². The highest BCUT2D eigenvalue weighted by Crippen LogP contribution is 2.45. The maximum atomic E-state index is 14.9. The lowest BCUT2D eigenvalue weighted by molar-refractivity contribution is -0.360. The van der Waals surface area contributed by atoms with Gasteiger partial charge in [0.2, 0.25) is 12.2 Å². The van der Waals surface area contributed by atoms with Crippen LogP contribution in [0.2, 0.25) is 0 Å². The van der Waals surface area contributed by atoms with E-state index in [4.69, 9.17) is 56.8 Å². The first-order valence-corrected chi connectivity index (χ1v) is 24.1. The Kier molecular flexibility index (Phi) is 17.1. The van der Waals surface area contributed by atoms with E-state index in [1.165, 1.54) is 19.2 Å². The van der Waals surface area contributed by atoms with Crippen LogP contribution in [0.4, 0.5) is 4.79 Å². The van der Waals surface area contributed by atoms with Gasteiger partial charge in [-0.25, -0.2) is 14.5 Å². The van der Waals surface area contributed by atoms with Crippen molar-refractivity contribution in [3.8, 4) is 11.5 Å². The molecule has 11 atom stereocenters. The summed E-state index contributed by atoms with van der Waals surface area (Å²) in [7, 11) is 2.49. The molecule has 4 heterocycles. The first-order valence-electron chi connectivity index (χ1n) is 24.1. The highest BCUT2D eigenvalue weighted by atomic mass is 16.8. The number of imide groups is 2. The van der Waals surface area contributed by atoms with Crippen molar-refractivity contribution in [3.05, 3.63) is 131 Å². The molecule has 3 fully saturated rings. The van der Waals surface area contributed by atoms with Crippen molar-refractivity contribution in [2.45, 2.75) is 114 Å². The summed E-state index contributed by atoms with van der Waals surface area (Å²) in [6.07, 6.45) is -15.3. The molecule has 0 bridgehead atoms. The van der Waals surface area contributed by atoms with Crippen LogP contribution in [0, 0.1) is 0 Å². The summed E-state index contributed by atoms with van der Waals surface area (Å²) in [6, 6.07) is 27.4. The zero-order valence-electron chi connectivity index (χ0n) is 42.3. The highest BCUT2D eigenvalue weighted by molar-refractivity contribution is 6.21. The van der Waals surface area contributed by atoms with Crippen molar-refractivity contribution in [3.63, 3.8) is 0 Å². The van der Waals surface area contributed by atoms with Gasteiger partial charge >= 0.3 is 30.0 Å². The number of hydrogen-bond donors (Lipinski definition) is 0. The summed E-state index contributed by atoms with van der Waals surface area (Å²) in [4.78, 5) is 111. The summed E-state index contributed by atoms with van der Waals surface area (Å²) in [6.45, 7) is 2.84. The predicted octanol–water partition coefficient (Wildman–Crippen LogP) is 4.47. The van der Waals surface area contributed by atoms with Gasteiger partial charge in [-0.3, -0.25) is 33.7 Å². The molecule has 0 aromatic heterocycles. The van der Waals surface area contributed by atoms with Crippen LogP contribution >= 0.6 is 0 Å². The molecular weight excluding hydrogens is 997 g/mol. The second-order valence-electron chi connectivity index (χ2n) is 18.1. The topological polar surface area (TPSA) is 254 Å². The molecule has 4 aliphatic rings. The molecule has 4 aromatic rings. The number of nitrogens with zero attached hydrogens (tertiary/aromatic N) is 2. The molecule has 4 aromatic carbocycles. The van der Waals surface area contributed by atoms with Gasteiger partial charge in [0.15, 0.2) is 12.2 Å². The number of benzene rings is 4. The minimum Gasteiger partial charge on any atom is -0.497 e. The number of rotatable bonds is 20. The van der Waals surface area contributed by atoms with Crippen LogP contribution in [0.3, 0.4) is 0 Å². The third kappa shape index (κ3) is 11.9. The molecule has 8 rings (SSSR count). The van der Waals surface area contributed by atoms with Crippen LogP contribution in [0.25, 0.3) is 0 Å². The van der Waals surface area contributed by atoms with Crippen LogP contribution in [-0.2, 0) is 84.6 Å². The molecule has 3 saturated heterocycles. The molecule has 4 aliphatic heterocycles. The molecule has 402 valence electrons. The van der Waals surface area contributed by atoms with E-state index in [2.05, 4.69) is 0 Å². The fourth-order valence-electron chi connectivity index (χ4n) is 9.68. The third-order valence-electron chi connectivity index (χ3n) is 12.9. The Hall–Kier alpha value is -7.76. The molecule has 0 saturated carbocycles. The summed E-state index contributed by atoms with van der Waals surface area (Å²) in [5.74, 6) is -8.54. The molecule has 0 aliphatic carbocycles. The van der Waals surface area contributed by atoms with Crippen molar-refractivity contribution >= 4 is 47.7 Å². The average Bonchev–Trinajstić information content (AvgIpc) is 3.88. The molecule has 0 unspecified atom stereocenters. The van der Waals surface area contributed by atoms with E-state index in [1.54, 1.807) is 66.7 Å². The smallest absolute Gasteiger partial charge is 0.417 e. The highest BCUT2D eigenvalue weighted by Gasteiger charge is 2.67. The summed E-state index contributed by atoms with van der Waals surface area (Å²) in [5.41, 5.74) is 1.49. The molecule has 0 radical (unpaired) electrons. The van der Waals surface area contributed by atoms with Crippen molar-refractivity contribution in [2.75, 3.05) is 27.4 Å². The van der Waals surface area contributed by atoms with E-state index in [9.17, 15) is 38.4 Å². The molecule has 4 amide bonds. The zero-order chi connectivity index (χ0) is 54.3. The Bertz CT molecular complexity index is 2740. The van der Waals surface area contributed by atoms with E-state index in [0.717, 1.165) is 45.3 Å². The molecule has 0 N–H and O–H groups in total. The Morgan fingerprint density at radius 1 is 0.697 bits per heavy atom. The molecule has 22 heteroatoms. The summed E-state index contributed by atoms with van der Waals surface area (Å²) < 4.78 is 73.7. The van der Waals surface area contributed by atoms with E-state index in [-0.39, 0.29) is 36.7 Å². The SMILES string of the molecule is COC(=O)[C@@]1(O[C@H]2[C@H](OCc3ccccc3)[C@@H](N3C(=O)c4ccccc4C3=O)[C@H](Oc3ccc(OC)cc3)O[C@@H]2COCc2ccccc2)C[C@@H]2OC(=O)N(C(C)=O)[C@H]2[C@H]([C@H](OC(C)=O)[C@@H](COC(C)=O)OC(C)=O)O1. The number of amides is 4. The molecule has 22 nitrogen and oxygen atoms in total. The largest absolute Gasteiger partial charge is 0.497 e. The number of ether oxygens (including phenoxy) is 12. The van der Waals surface area contributed by atoms with Gasteiger partial charge in [0.05, 0.1) is 51.6 Å². The normalized spacial score (nSPS) is 25.5. The van der Waals surface area contributed by atoms with E-state index in [0.29, 0.717) is 16.2 Å². The number of hydrogen-bond acceptors (Lipinski definition) is 20. The quantitative estimate of drug-likeness (QED) is 0.0672. The average molecular weight is 1050 g/mol. The Balaban J connectivity index is 1.31. The minimum absolute atomic E-state index is 0.0139. The number of fused-ring (bicyclic) bond motifs is 2. The Morgan fingerprint density at radius 2 is 1.29 bits per heavy atom. The van der Waals surface area contributed by atoms with Gasteiger partial charge in [-0.1, -0.05) is 72.8 Å². The Morgan fingerprint density at radius 3 is 1.86 bits per heavy atom. The molecular formula is C54H56N2O20. The van der Waals surface area contributed by atoms with E-state index < -0.39 is 128 Å². The first kappa shape index (κ1) is 54.5. The van der Waals surface area contributed by atoms with Crippen molar-refractivity contribution in [2.24, 2.45) is 0 Å². The zero-order valence-corrected chi connectivity index (χ0v) is 42.3.